The summed E-state index contributed by atoms with van der Waals surface area (Å²) in [4.78, 5) is 0. The van der Waals surface area contributed by atoms with Gasteiger partial charge in [-0.25, -0.2) is 22.0 Å². The molecule has 0 aliphatic heterocycles. The van der Waals surface area contributed by atoms with E-state index in [1.165, 1.54) is 31.4 Å². The zero-order valence-corrected chi connectivity index (χ0v) is 22.4. The molecule has 220 valence electrons. The molecule has 4 rings (SSSR count). The second kappa shape index (κ2) is 13.1. The molecule has 0 bridgehead atoms. The molecule has 0 amide bonds. The summed E-state index contributed by atoms with van der Waals surface area (Å²) in [7, 11) is 0. The van der Waals surface area contributed by atoms with Gasteiger partial charge in [-0.3, -0.25) is 0 Å². The van der Waals surface area contributed by atoms with E-state index in [0.717, 1.165) is 49.8 Å². The number of rotatable bonds is 9. The highest BCUT2D eigenvalue weighted by Crippen LogP contribution is 2.36. The van der Waals surface area contributed by atoms with Gasteiger partial charge in [-0.15, -0.1) is 0 Å². The number of unbranched alkanes of at least 4 members (excludes halogenated alkanes) is 1. The molecule has 41 heavy (non-hydrogen) atoms. The molecule has 0 spiro atoms. The van der Waals surface area contributed by atoms with E-state index in [2.05, 4.69) is 6.92 Å². The normalized spacial score (nSPS) is 17.8. The maximum Gasteiger partial charge on any atom is 0.409 e. The second-order valence-electron chi connectivity index (χ2n) is 10.5. The standard InChI is InChI=1S/C32H30F8O/c1-2-3-4-19-5-7-20(8-6-19)18-41-23-9-10-24(28(35)17-23)21-13-29(36)31(30(37)14-21)22-15-26(33)25(27(34)16-22)11-12-32(38,39)40/h9-17,19-20H,2-8,18H2,1H3. The van der Waals surface area contributed by atoms with Crippen LogP contribution in [-0.4, -0.2) is 12.8 Å². The third-order valence-electron chi connectivity index (χ3n) is 7.52. The first-order valence-corrected chi connectivity index (χ1v) is 13.6. The Kier molecular flexibility index (Phi) is 9.76. The van der Waals surface area contributed by atoms with Crippen LogP contribution in [0.5, 0.6) is 5.75 Å². The summed E-state index contributed by atoms with van der Waals surface area (Å²) < 4.78 is 117. The van der Waals surface area contributed by atoms with Gasteiger partial charge >= 0.3 is 6.18 Å². The van der Waals surface area contributed by atoms with Crippen molar-refractivity contribution in [3.8, 4) is 28.0 Å². The number of alkyl halides is 3. The molecule has 0 atom stereocenters. The van der Waals surface area contributed by atoms with E-state index in [9.17, 15) is 35.1 Å². The summed E-state index contributed by atoms with van der Waals surface area (Å²) in [6.45, 7) is 2.64. The van der Waals surface area contributed by atoms with Gasteiger partial charge in [-0.1, -0.05) is 39.0 Å². The zero-order valence-electron chi connectivity index (χ0n) is 22.4. The first-order chi connectivity index (χ1) is 19.4. The Morgan fingerprint density at radius 1 is 0.756 bits per heavy atom. The average Bonchev–Trinajstić information content (AvgIpc) is 2.90. The molecule has 1 aliphatic rings. The minimum Gasteiger partial charge on any atom is -0.493 e. The number of halogens is 8. The molecule has 0 heterocycles. The molecule has 1 saturated carbocycles. The van der Waals surface area contributed by atoms with Crippen LogP contribution in [-0.2, 0) is 0 Å². The van der Waals surface area contributed by atoms with E-state index in [-0.39, 0.29) is 23.3 Å². The molecule has 1 fully saturated rings. The fourth-order valence-electron chi connectivity index (χ4n) is 5.28. The van der Waals surface area contributed by atoms with E-state index in [4.69, 9.17) is 4.74 Å². The van der Waals surface area contributed by atoms with Crippen LogP contribution in [0.2, 0.25) is 0 Å². The van der Waals surface area contributed by atoms with E-state index in [1.54, 1.807) is 0 Å². The molecule has 9 heteroatoms. The second-order valence-corrected chi connectivity index (χ2v) is 10.5. The van der Waals surface area contributed by atoms with Crippen LogP contribution in [0.25, 0.3) is 28.3 Å². The van der Waals surface area contributed by atoms with Crippen molar-refractivity contribution < 1.29 is 39.9 Å². The highest BCUT2D eigenvalue weighted by atomic mass is 19.4. The van der Waals surface area contributed by atoms with E-state index in [0.29, 0.717) is 30.4 Å². The summed E-state index contributed by atoms with van der Waals surface area (Å²) in [5, 5.41) is 0. The smallest absolute Gasteiger partial charge is 0.409 e. The monoisotopic (exact) mass is 582 g/mol. The summed E-state index contributed by atoms with van der Waals surface area (Å²) in [5.74, 6) is -4.66. The maximum absolute atomic E-state index is 15.0. The molecule has 3 aromatic rings. The average molecular weight is 583 g/mol. The molecule has 0 N–H and O–H groups in total. The summed E-state index contributed by atoms with van der Waals surface area (Å²) in [6.07, 6.45) is 3.15. The van der Waals surface area contributed by atoms with Crippen LogP contribution < -0.4 is 4.74 Å². The van der Waals surface area contributed by atoms with Crippen LogP contribution >= 0.6 is 0 Å². The van der Waals surface area contributed by atoms with Gasteiger partial charge in [-0.2, -0.15) is 13.2 Å². The quantitative estimate of drug-likeness (QED) is 0.228. The Hall–Kier alpha value is -3.36. The van der Waals surface area contributed by atoms with Gasteiger partial charge in [0.25, 0.3) is 0 Å². The lowest BCUT2D eigenvalue weighted by atomic mass is 9.80. The molecule has 3 aromatic carbocycles. The minimum absolute atomic E-state index is 0.108. The number of allylic oxidation sites excluding steroid dienone is 1. The van der Waals surface area contributed by atoms with Crippen LogP contribution in [0.3, 0.4) is 0 Å². The third kappa shape index (κ3) is 7.89. The van der Waals surface area contributed by atoms with Gasteiger partial charge in [0, 0.05) is 23.3 Å². The van der Waals surface area contributed by atoms with Gasteiger partial charge < -0.3 is 4.74 Å². The van der Waals surface area contributed by atoms with E-state index < -0.39 is 52.0 Å². The molecule has 0 radical (unpaired) electrons. The van der Waals surface area contributed by atoms with Crippen molar-refractivity contribution >= 4 is 6.08 Å². The number of hydrogen-bond acceptors (Lipinski definition) is 1. The Balaban J connectivity index is 1.48. The summed E-state index contributed by atoms with van der Waals surface area (Å²) >= 11 is 0. The van der Waals surface area contributed by atoms with E-state index >= 15 is 0 Å². The Labute approximate surface area is 233 Å². The Morgan fingerprint density at radius 2 is 1.34 bits per heavy atom. The number of hydrogen-bond donors (Lipinski definition) is 0. The van der Waals surface area contributed by atoms with E-state index in [1.807, 2.05) is 0 Å². The predicted octanol–water partition coefficient (Wildman–Crippen LogP) is 10.7. The largest absolute Gasteiger partial charge is 0.493 e. The highest BCUT2D eigenvalue weighted by Gasteiger charge is 2.24. The Morgan fingerprint density at radius 3 is 1.90 bits per heavy atom. The molecule has 1 nitrogen and oxygen atoms in total. The summed E-state index contributed by atoms with van der Waals surface area (Å²) in [6, 6.07) is 6.69. The first kappa shape index (κ1) is 30.6. The van der Waals surface area contributed by atoms with Crippen molar-refractivity contribution in [2.24, 2.45) is 11.8 Å². The van der Waals surface area contributed by atoms with Crippen molar-refractivity contribution in [2.45, 2.75) is 58.0 Å². The topological polar surface area (TPSA) is 9.23 Å². The van der Waals surface area contributed by atoms with Gasteiger partial charge in [0.15, 0.2) is 0 Å². The molecule has 1 aliphatic carbocycles. The number of ether oxygens (including phenoxy) is 1. The predicted molar refractivity (Wildman–Crippen MR) is 143 cm³/mol. The molecule has 0 unspecified atom stereocenters. The molecular weight excluding hydrogens is 552 g/mol. The Bertz CT molecular complexity index is 1340. The van der Waals surface area contributed by atoms with Crippen molar-refractivity contribution in [3.05, 3.63) is 83.2 Å². The van der Waals surface area contributed by atoms with Crippen molar-refractivity contribution in [1.29, 1.82) is 0 Å². The molecule has 0 saturated heterocycles. The third-order valence-corrected chi connectivity index (χ3v) is 7.52. The zero-order chi connectivity index (χ0) is 29.7. The van der Waals surface area contributed by atoms with Gasteiger partial charge in [0.2, 0.25) is 0 Å². The molecular formula is C32H30F8O. The van der Waals surface area contributed by atoms with Crippen LogP contribution in [0.15, 0.2) is 48.5 Å². The maximum atomic E-state index is 15.0. The molecule has 0 aromatic heterocycles. The lowest BCUT2D eigenvalue weighted by Crippen LogP contribution is -2.20. The summed E-state index contributed by atoms with van der Waals surface area (Å²) in [5.41, 5.74) is -2.63. The van der Waals surface area contributed by atoms with Crippen LogP contribution in [0, 0.1) is 40.9 Å². The SMILES string of the molecule is CCCCC1CCC(COc2ccc(-c3cc(F)c(-c4cc(F)c(C=CC(F)(F)F)c(F)c4)c(F)c3)c(F)c2)CC1. The highest BCUT2D eigenvalue weighted by molar-refractivity contribution is 5.73. The van der Waals surface area contributed by atoms with Crippen molar-refractivity contribution in [2.75, 3.05) is 6.61 Å². The van der Waals surface area contributed by atoms with Gasteiger partial charge in [-0.05, 0) is 78.3 Å². The van der Waals surface area contributed by atoms with Crippen molar-refractivity contribution in [3.63, 3.8) is 0 Å². The van der Waals surface area contributed by atoms with Gasteiger partial charge in [0.05, 0.1) is 12.2 Å². The fourth-order valence-corrected chi connectivity index (χ4v) is 5.28. The van der Waals surface area contributed by atoms with Crippen molar-refractivity contribution in [1.82, 2.24) is 0 Å². The lowest BCUT2D eigenvalue weighted by Gasteiger charge is -2.28. The fraction of sp³-hybridized carbons (Fsp3) is 0.375. The first-order valence-electron chi connectivity index (χ1n) is 13.6. The number of benzene rings is 3. The van der Waals surface area contributed by atoms with Crippen LogP contribution in [0.1, 0.15) is 57.4 Å². The van der Waals surface area contributed by atoms with Crippen LogP contribution in [0.4, 0.5) is 35.1 Å². The minimum atomic E-state index is -4.81. The van der Waals surface area contributed by atoms with Gasteiger partial charge in [0.1, 0.15) is 34.8 Å². The lowest BCUT2D eigenvalue weighted by molar-refractivity contribution is -0.0790.